The molecule has 0 fully saturated rings. The SMILES string of the molecule is Cc1cc(Br)c(O)c(C(=O)C(C)N)c1F. The summed E-state index contributed by atoms with van der Waals surface area (Å²) in [5.74, 6) is -1.74. The van der Waals surface area contributed by atoms with E-state index in [1.807, 2.05) is 0 Å². The van der Waals surface area contributed by atoms with Crippen LogP contribution in [0.2, 0.25) is 0 Å². The normalized spacial score (nSPS) is 12.6. The summed E-state index contributed by atoms with van der Waals surface area (Å²) in [7, 11) is 0. The Morgan fingerprint density at radius 1 is 1.67 bits per heavy atom. The van der Waals surface area contributed by atoms with E-state index in [9.17, 15) is 14.3 Å². The summed E-state index contributed by atoms with van der Waals surface area (Å²) in [6.45, 7) is 2.95. The summed E-state index contributed by atoms with van der Waals surface area (Å²) in [4.78, 5) is 11.5. The van der Waals surface area contributed by atoms with Crippen molar-refractivity contribution in [1.82, 2.24) is 0 Å². The zero-order chi connectivity index (χ0) is 11.7. The Kier molecular flexibility index (Phi) is 3.46. The zero-order valence-corrected chi connectivity index (χ0v) is 9.93. The molecular weight excluding hydrogens is 265 g/mol. The Hall–Kier alpha value is -0.940. The summed E-state index contributed by atoms with van der Waals surface area (Å²) < 4.78 is 13.9. The minimum absolute atomic E-state index is 0.281. The molecule has 0 aliphatic heterocycles. The topological polar surface area (TPSA) is 63.3 Å². The van der Waals surface area contributed by atoms with Gasteiger partial charge in [0.25, 0.3) is 0 Å². The number of phenols is 1. The van der Waals surface area contributed by atoms with Gasteiger partial charge >= 0.3 is 0 Å². The lowest BCUT2D eigenvalue weighted by Crippen LogP contribution is -2.27. The van der Waals surface area contributed by atoms with Gasteiger partial charge in [0.15, 0.2) is 5.78 Å². The van der Waals surface area contributed by atoms with Crippen LogP contribution in [-0.4, -0.2) is 16.9 Å². The molecule has 0 aliphatic rings. The number of halogens is 2. The average molecular weight is 276 g/mol. The maximum atomic E-state index is 13.6. The van der Waals surface area contributed by atoms with Gasteiger partial charge in [0, 0.05) is 0 Å². The molecule has 0 bridgehead atoms. The summed E-state index contributed by atoms with van der Waals surface area (Å²) in [6.07, 6.45) is 0. The second-order valence-corrected chi connectivity index (χ2v) is 4.22. The van der Waals surface area contributed by atoms with Gasteiger partial charge in [-0.1, -0.05) is 0 Å². The first-order valence-electron chi connectivity index (χ1n) is 4.33. The second-order valence-electron chi connectivity index (χ2n) is 3.37. The van der Waals surface area contributed by atoms with E-state index < -0.39 is 23.4 Å². The van der Waals surface area contributed by atoms with Crippen molar-refractivity contribution in [2.75, 3.05) is 0 Å². The predicted octanol–water partition coefficient (Wildman–Crippen LogP) is 2.13. The highest BCUT2D eigenvalue weighted by Crippen LogP contribution is 2.32. The molecule has 1 aromatic carbocycles. The predicted molar refractivity (Wildman–Crippen MR) is 58.5 cm³/mol. The fraction of sp³-hybridized carbons (Fsp3) is 0.300. The van der Waals surface area contributed by atoms with Gasteiger partial charge in [0.1, 0.15) is 11.6 Å². The van der Waals surface area contributed by atoms with Gasteiger partial charge in [-0.2, -0.15) is 0 Å². The number of benzene rings is 1. The second kappa shape index (κ2) is 4.28. The van der Waals surface area contributed by atoms with E-state index in [1.54, 1.807) is 0 Å². The highest BCUT2D eigenvalue weighted by Gasteiger charge is 2.23. The van der Waals surface area contributed by atoms with Gasteiger partial charge in [0.05, 0.1) is 16.1 Å². The number of aromatic hydroxyl groups is 1. The molecule has 1 aromatic rings. The zero-order valence-electron chi connectivity index (χ0n) is 8.34. The molecule has 0 radical (unpaired) electrons. The molecular formula is C10H11BrFNO2. The van der Waals surface area contributed by atoms with Gasteiger partial charge < -0.3 is 10.8 Å². The van der Waals surface area contributed by atoms with E-state index in [1.165, 1.54) is 19.9 Å². The molecule has 0 heterocycles. The van der Waals surface area contributed by atoms with Crippen LogP contribution in [0.5, 0.6) is 5.75 Å². The van der Waals surface area contributed by atoms with Crippen molar-refractivity contribution in [2.24, 2.45) is 5.73 Å². The lowest BCUT2D eigenvalue weighted by Gasteiger charge is -2.11. The minimum atomic E-state index is -0.848. The number of carbonyl (C=O) groups is 1. The van der Waals surface area contributed by atoms with Crippen LogP contribution in [0.1, 0.15) is 22.8 Å². The number of rotatable bonds is 2. The van der Waals surface area contributed by atoms with Gasteiger partial charge in [-0.3, -0.25) is 4.79 Å². The maximum absolute atomic E-state index is 13.6. The third-order valence-corrected chi connectivity index (χ3v) is 2.64. The fourth-order valence-electron chi connectivity index (χ4n) is 1.19. The quantitative estimate of drug-likeness (QED) is 0.813. The molecule has 0 amide bonds. The third kappa shape index (κ3) is 2.18. The van der Waals surface area contributed by atoms with Gasteiger partial charge in [0.2, 0.25) is 0 Å². The molecule has 1 rings (SSSR count). The first-order chi connectivity index (χ1) is 6.86. The van der Waals surface area contributed by atoms with E-state index in [2.05, 4.69) is 15.9 Å². The van der Waals surface area contributed by atoms with Crippen molar-refractivity contribution in [2.45, 2.75) is 19.9 Å². The summed E-state index contributed by atoms with van der Waals surface area (Å²) in [5.41, 5.74) is 5.29. The summed E-state index contributed by atoms with van der Waals surface area (Å²) >= 11 is 3.04. The number of nitrogens with two attached hydrogens (primary N) is 1. The molecule has 3 N–H and O–H groups in total. The number of ketones is 1. The van der Waals surface area contributed by atoms with Crippen LogP contribution in [0.15, 0.2) is 10.5 Å². The fourth-order valence-corrected chi connectivity index (χ4v) is 1.74. The van der Waals surface area contributed by atoms with Gasteiger partial charge in [-0.25, -0.2) is 4.39 Å². The standard InChI is InChI=1S/C10H11BrFNO2/c1-4-3-6(11)10(15)7(8(4)12)9(14)5(2)13/h3,5,15H,13H2,1-2H3. The van der Waals surface area contributed by atoms with Crippen molar-refractivity contribution < 1.29 is 14.3 Å². The van der Waals surface area contributed by atoms with Crippen LogP contribution < -0.4 is 5.73 Å². The van der Waals surface area contributed by atoms with Crippen LogP contribution >= 0.6 is 15.9 Å². The molecule has 82 valence electrons. The molecule has 1 atom stereocenters. The Bertz CT molecular complexity index is 392. The molecule has 0 aromatic heterocycles. The number of phenolic OH excluding ortho intramolecular Hbond substituents is 1. The summed E-state index contributed by atoms with van der Waals surface area (Å²) in [6, 6.07) is 0.557. The number of hydrogen-bond donors (Lipinski definition) is 2. The molecule has 3 nitrogen and oxygen atoms in total. The average Bonchev–Trinajstić information content (AvgIpc) is 2.15. The monoisotopic (exact) mass is 275 g/mol. The molecule has 1 unspecified atom stereocenters. The number of carbonyl (C=O) groups excluding carboxylic acids is 1. The molecule has 0 saturated carbocycles. The highest BCUT2D eigenvalue weighted by molar-refractivity contribution is 9.10. The largest absolute Gasteiger partial charge is 0.506 e. The molecule has 15 heavy (non-hydrogen) atoms. The van der Waals surface area contributed by atoms with Gasteiger partial charge in [-0.15, -0.1) is 0 Å². The molecule has 0 aliphatic carbocycles. The lowest BCUT2D eigenvalue weighted by molar-refractivity contribution is 0.0960. The highest BCUT2D eigenvalue weighted by atomic mass is 79.9. The smallest absolute Gasteiger partial charge is 0.185 e. The summed E-state index contributed by atoms with van der Waals surface area (Å²) in [5, 5.41) is 9.56. The van der Waals surface area contributed by atoms with Crippen LogP contribution in [0.4, 0.5) is 4.39 Å². The Balaban J connectivity index is 3.46. The number of hydrogen-bond acceptors (Lipinski definition) is 3. The van der Waals surface area contributed by atoms with Gasteiger partial charge in [-0.05, 0) is 41.4 Å². The first-order valence-corrected chi connectivity index (χ1v) is 5.13. The molecule has 0 saturated heterocycles. The van der Waals surface area contributed by atoms with Crippen LogP contribution in [0.3, 0.4) is 0 Å². The van der Waals surface area contributed by atoms with E-state index in [-0.39, 0.29) is 15.6 Å². The van der Waals surface area contributed by atoms with Crippen molar-refractivity contribution in [3.8, 4) is 5.75 Å². The Labute approximate surface area is 95.2 Å². The molecule has 0 spiro atoms. The number of aryl methyl sites for hydroxylation is 1. The Morgan fingerprint density at radius 3 is 2.67 bits per heavy atom. The van der Waals surface area contributed by atoms with E-state index in [0.717, 1.165) is 0 Å². The Morgan fingerprint density at radius 2 is 2.20 bits per heavy atom. The van der Waals surface area contributed by atoms with Crippen LogP contribution in [0, 0.1) is 12.7 Å². The first kappa shape index (κ1) is 12.1. The van der Waals surface area contributed by atoms with Crippen molar-refractivity contribution in [3.63, 3.8) is 0 Å². The van der Waals surface area contributed by atoms with E-state index >= 15 is 0 Å². The molecule has 5 heteroatoms. The van der Waals surface area contributed by atoms with Crippen molar-refractivity contribution in [1.29, 1.82) is 0 Å². The van der Waals surface area contributed by atoms with Crippen LogP contribution in [0.25, 0.3) is 0 Å². The number of Topliss-reactive ketones (excluding diaryl/α,β-unsaturated/α-hetero) is 1. The minimum Gasteiger partial charge on any atom is -0.506 e. The van der Waals surface area contributed by atoms with Crippen molar-refractivity contribution >= 4 is 21.7 Å². The third-order valence-electron chi connectivity index (χ3n) is 2.03. The lowest BCUT2D eigenvalue weighted by atomic mass is 10.0. The maximum Gasteiger partial charge on any atom is 0.185 e. The van der Waals surface area contributed by atoms with Crippen molar-refractivity contribution in [3.05, 3.63) is 27.5 Å². The van der Waals surface area contributed by atoms with E-state index in [4.69, 9.17) is 5.73 Å². The van der Waals surface area contributed by atoms with E-state index in [0.29, 0.717) is 0 Å². The van der Waals surface area contributed by atoms with Crippen LogP contribution in [-0.2, 0) is 0 Å².